The summed E-state index contributed by atoms with van der Waals surface area (Å²) >= 11 is 6.14. The van der Waals surface area contributed by atoms with Gasteiger partial charge < -0.3 is 10.2 Å². The van der Waals surface area contributed by atoms with Crippen LogP contribution in [0.2, 0.25) is 5.02 Å². The molecular formula is C14H12ClN7. The molecule has 0 atom stereocenters. The Morgan fingerprint density at radius 3 is 2.86 bits per heavy atom. The molecule has 3 aromatic rings. The number of nitrogens with one attached hydrogen (secondary N) is 1. The third-order valence-corrected chi connectivity index (χ3v) is 4.15. The first-order valence-corrected chi connectivity index (χ1v) is 7.34. The van der Waals surface area contributed by atoms with Crippen LogP contribution >= 0.6 is 11.6 Å². The predicted octanol–water partition coefficient (Wildman–Crippen LogP) is 1.21. The van der Waals surface area contributed by atoms with E-state index >= 15 is 0 Å². The molecule has 1 fully saturated rings. The van der Waals surface area contributed by atoms with E-state index in [9.17, 15) is 0 Å². The number of benzene rings is 1. The van der Waals surface area contributed by atoms with Crippen molar-refractivity contribution in [2.75, 3.05) is 31.1 Å². The number of fused-ring (bicyclic) bond motifs is 3. The molecule has 2 aromatic heterocycles. The molecule has 0 saturated carbocycles. The highest BCUT2D eigenvalue weighted by Gasteiger charge is 2.19. The second kappa shape index (κ2) is 5.09. The summed E-state index contributed by atoms with van der Waals surface area (Å²) in [6.07, 6.45) is 1.64. The fourth-order valence-corrected chi connectivity index (χ4v) is 2.94. The van der Waals surface area contributed by atoms with Crippen LogP contribution in [0.4, 0.5) is 5.82 Å². The van der Waals surface area contributed by atoms with Gasteiger partial charge in [0.2, 0.25) is 5.65 Å². The summed E-state index contributed by atoms with van der Waals surface area (Å²) in [5, 5.41) is 21.1. The van der Waals surface area contributed by atoms with Crippen molar-refractivity contribution in [3.8, 4) is 6.07 Å². The minimum Gasteiger partial charge on any atom is -0.351 e. The number of aromatic nitrogens is 4. The van der Waals surface area contributed by atoms with E-state index in [1.165, 1.54) is 0 Å². The van der Waals surface area contributed by atoms with E-state index in [-0.39, 0.29) is 0 Å². The van der Waals surface area contributed by atoms with Gasteiger partial charge in [-0.3, -0.25) is 4.40 Å². The number of hydrogen-bond donors (Lipinski definition) is 1. The predicted molar refractivity (Wildman–Crippen MR) is 83.1 cm³/mol. The Kier molecular flexibility index (Phi) is 3.06. The molecular weight excluding hydrogens is 302 g/mol. The zero-order valence-corrected chi connectivity index (χ0v) is 12.4. The van der Waals surface area contributed by atoms with Crippen molar-refractivity contribution in [3.05, 3.63) is 29.0 Å². The van der Waals surface area contributed by atoms with Crippen LogP contribution in [0, 0.1) is 11.3 Å². The van der Waals surface area contributed by atoms with E-state index in [0.29, 0.717) is 16.2 Å². The number of anilines is 1. The maximum atomic E-state index is 9.15. The Labute approximate surface area is 131 Å². The van der Waals surface area contributed by atoms with Crippen molar-refractivity contribution < 1.29 is 0 Å². The molecule has 1 saturated heterocycles. The highest BCUT2D eigenvalue weighted by atomic mass is 35.5. The normalized spacial score (nSPS) is 15.4. The number of halogens is 1. The molecule has 110 valence electrons. The fraction of sp³-hybridized carbons (Fsp3) is 0.286. The molecule has 4 rings (SSSR count). The smallest absolute Gasteiger partial charge is 0.204 e. The Morgan fingerprint density at radius 2 is 2.09 bits per heavy atom. The lowest BCUT2D eigenvalue weighted by Crippen LogP contribution is -2.44. The first kappa shape index (κ1) is 13.2. The molecule has 1 aliphatic rings. The number of hydrogen-bond acceptors (Lipinski definition) is 6. The molecule has 0 aliphatic carbocycles. The van der Waals surface area contributed by atoms with Gasteiger partial charge in [-0.15, -0.1) is 10.2 Å². The number of piperazine rings is 1. The molecule has 7 nitrogen and oxygen atoms in total. The van der Waals surface area contributed by atoms with Crippen LogP contribution in [0.3, 0.4) is 0 Å². The summed E-state index contributed by atoms with van der Waals surface area (Å²) in [5.74, 6) is 0.798. The van der Waals surface area contributed by atoms with Gasteiger partial charge in [0.15, 0.2) is 5.82 Å². The minimum absolute atomic E-state index is 0.404. The minimum atomic E-state index is 0.404. The fourth-order valence-electron chi connectivity index (χ4n) is 2.74. The maximum Gasteiger partial charge on any atom is 0.204 e. The summed E-state index contributed by atoms with van der Waals surface area (Å²) < 4.78 is 1.86. The van der Waals surface area contributed by atoms with Crippen LogP contribution < -0.4 is 10.2 Å². The topological polar surface area (TPSA) is 82.1 Å². The van der Waals surface area contributed by atoms with Crippen LogP contribution in [0.1, 0.15) is 5.56 Å². The average Bonchev–Trinajstić information content (AvgIpc) is 3.04. The lowest BCUT2D eigenvalue weighted by atomic mass is 10.2. The van der Waals surface area contributed by atoms with Crippen molar-refractivity contribution in [2.24, 2.45) is 0 Å². The van der Waals surface area contributed by atoms with Crippen molar-refractivity contribution in [3.63, 3.8) is 0 Å². The van der Waals surface area contributed by atoms with Gasteiger partial charge in [-0.2, -0.15) is 5.26 Å². The van der Waals surface area contributed by atoms with E-state index in [0.717, 1.165) is 43.0 Å². The monoisotopic (exact) mass is 313 g/mol. The molecule has 0 spiro atoms. The van der Waals surface area contributed by atoms with Gasteiger partial charge >= 0.3 is 0 Å². The van der Waals surface area contributed by atoms with Crippen molar-refractivity contribution in [1.82, 2.24) is 24.9 Å². The van der Waals surface area contributed by atoms with Crippen LogP contribution in [0.25, 0.3) is 16.7 Å². The molecule has 0 amide bonds. The van der Waals surface area contributed by atoms with E-state index < -0.39 is 0 Å². The second-order valence-electron chi connectivity index (χ2n) is 5.13. The molecule has 0 radical (unpaired) electrons. The molecule has 22 heavy (non-hydrogen) atoms. The summed E-state index contributed by atoms with van der Waals surface area (Å²) in [4.78, 5) is 6.90. The Morgan fingerprint density at radius 1 is 1.27 bits per heavy atom. The Hall–Kier alpha value is -2.43. The standard InChI is InChI=1S/C14H12ClN7/c15-10-6-11-12(5-9(10)7-16)22-8-18-20-14(22)13(19-11)21-3-1-17-2-4-21/h5-6,8,17H,1-4H2. The van der Waals surface area contributed by atoms with E-state index in [2.05, 4.69) is 26.5 Å². The van der Waals surface area contributed by atoms with E-state index in [1.54, 1.807) is 18.5 Å². The molecule has 0 bridgehead atoms. The highest BCUT2D eigenvalue weighted by Crippen LogP contribution is 2.27. The first-order valence-electron chi connectivity index (χ1n) is 6.96. The zero-order valence-electron chi connectivity index (χ0n) is 11.6. The quantitative estimate of drug-likeness (QED) is 0.727. The number of nitrogens with zero attached hydrogens (tertiary/aromatic N) is 6. The van der Waals surface area contributed by atoms with E-state index in [4.69, 9.17) is 21.8 Å². The Balaban J connectivity index is 2.01. The van der Waals surface area contributed by atoms with Gasteiger partial charge in [0.25, 0.3) is 0 Å². The lowest BCUT2D eigenvalue weighted by molar-refractivity contribution is 0.586. The SMILES string of the molecule is N#Cc1cc2c(cc1Cl)nc(N1CCNCC1)c1nncn12. The molecule has 3 heterocycles. The van der Waals surface area contributed by atoms with Gasteiger partial charge in [0, 0.05) is 26.2 Å². The van der Waals surface area contributed by atoms with Gasteiger partial charge in [0.05, 0.1) is 21.6 Å². The first-order chi connectivity index (χ1) is 10.8. The summed E-state index contributed by atoms with van der Waals surface area (Å²) in [7, 11) is 0. The van der Waals surface area contributed by atoms with Crippen LogP contribution in [-0.2, 0) is 0 Å². The van der Waals surface area contributed by atoms with Gasteiger partial charge in [-0.25, -0.2) is 4.98 Å². The number of nitriles is 1. The lowest BCUT2D eigenvalue weighted by Gasteiger charge is -2.28. The van der Waals surface area contributed by atoms with Crippen LogP contribution in [0.15, 0.2) is 18.5 Å². The Bertz CT molecular complexity index is 905. The highest BCUT2D eigenvalue weighted by molar-refractivity contribution is 6.32. The maximum absolute atomic E-state index is 9.15. The molecule has 1 N–H and O–H groups in total. The summed E-state index contributed by atoms with van der Waals surface area (Å²) in [6.45, 7) is 3.55. The third kappa shape index (κ3) is 1.96. The average molecular weight is 314 g/mol. The molecule has 1 aromatic carbocycles. The van der Waals surface area contributed by atoms with Crippen LogP contribution in [-0.4, -0.2) is 45.8 Å². The molecule has 0 unspecified atom stereocenters. The third-order valence-electron chi connectivity index (χ3n) is 3.83. The summed E-state index contributed by atoms with van der Waals surface area (Å²) in [6, 6.07) is 5.54. The zero-order chi connectivity index (χ0) is 15.1. The van der Waals surface area contributed by atoms with Crippen molar-refractivity contribution in [2.45, 2.75) is 0 Å². The molecule has 8 heteroatoms. The number of rotatable bonds is 1. The van der Waals surface area contributed by atoms with Gasteiger partial charge in [-0.05, 0) is 12.1 Å². The molecule has 1 aliphatic heterocycles. The second-order valence-corrected chi connectivity index (χ2v) is 5.54. The van der Waals surface area contributed by atoms with Crippen molar-refractivity contribution in [1.29, 1.82) is 5.26 Å². The van der Waals surface area contributed by atoms with Crippen molar-refractivity contribution >= 4 is 34.1 Å². The summed E-state index contributed by atoms with van der Waals surface area (Å²) in [5.41, 5.74) is 2.62. The van der Waals surface area contributed by atoms with Gasteiger partial charge in [-0.1, -0.05) is 11.6 Å². The van der Waals surface area contributed by atoms with Crippen LogP contribution in [0.5, 0.6) is 0 Å². The van der Waals surface area contributed by atoms with Gasteiger partial charge in [0.1, 0.15) is 12.4 Å². The largest absolute Gasteiger partial charge is 0.351 e. The van der Waals surface area contributed by atoms with E-state index in [1.807, 2.05) is 4.40 Å².